The monoisotopic (exact) mass is 372 g/mol. The van der Waals surface area contributed by atoms with E-state index in [9.17, 15) is 9.59 Å². The van der Waals surface area contributed by atoms with Gasteiger partial charge in [0.15, 0.2) is 5.16 Å². The van der Waals surface area contributed by atoms with Crippen LogP contribution in [0.1, 0.15) is 46.2 Å². The first-order valence-electron chi connectivity index (χ1n) is 8.50. The van der Waals surface area contributed by atoms with Crippen LogP contribution in [-0.4, -0.2) is 28.0 Å². The molecule has 1 aromatic heterocycles. The minimum atomic E-state index is -0.332. The van der Waals surface area contributed by atoms with Crippen LogP contribution in [0.3, 0.4) is 0 Å². The zero-order chi connectivity index (χ0) is 19.1. The fourth-order valence-electron chi connectivity index (χ4n) is 2.55. The highest BCUT2D eigenvalue weighted by atomic mass is 32.2. The molecule has 0 spiro atoms. The largest absolute Gasteiger partial charge is 0.273 e. The Morgan fingerprint density at radius 3 is 2.19 bits per heavy atom. The predicted octanol–water partition coefficient (Wildman–Crippen LogP) is 2.77. The Hall–Kier alpha value is -2.41. The van der Waals surface area contributed by atoms with Gasteiger partial charge in [0.1, 0.15) is 0 Å². The average Bonchev–Trinajstić information content (AvgIpc) is 2.65. The van der Waals surface area contributed by atoms with Gasteiger partial charge in [-0.1, -0.05) is 30.8 Å². The van der Waals surface area contributed by atoms with Crippen LogP contribution in [0, 0.1) is 13.8 Å². The molecule has 26 heavy (non-hydrogen) atoms. The number of carbonyl (C=O) groups excluding carboxylic acids is 2. The summed E-state index contributed by atoms with van der Waals surface area (Å²) in [5.74, 6) is -0.586. The summed E-state index contributed by atoms with van der Waals surface area (Å²) >= 11 is 1.49. The number of carbonyl (C=O) groups is 2. The molecule has 138 valence electrons. The number of aromatic nitrogens is 2. The van der Waals surface area contributed by atoms with E-state index in [1.807, 2.05) is 32.2 Å². The molecule has 0 aliphatic heterocycles. The molecular formula is C19H24N4O2S. The minimum absolute atomic E-state index is 0.249. The number of rotatable bonds is 6. The first-order chi connectivity index (χ1) is 12.4. The molecule has 1 aromatic carbocycles. The molecule has 7 heteroatoms. The Morgan fingerprint density at radius 1 is 1.04 bits per heavy atom. The number of nitrogens with one attached hydrogen (secondary N) is 2. The van der Waals surface area contributed by atoms with Gasteiger partial charge in [-0.05, 0) is 56.2 Å². The summed E-state index contributed by atoms with van der Waals surface area (Å²) in [6.07, 6.45) is 3.62. The van der Waals surface area contributed by atoms with E-state index in [4.69, 9.17) is 0 Å². The fraction of sp³-hybridized carbons (Fsp3) is 0.368. The van der Waals surface area contributed by atoms with Gasteiger partial charge in [0, 0.05) is 23.4 Å². The van der Waals surface area contributed by atoms with E-state index in [0.717, 1.165) is 34.1 Å². The first kappa shape index (κ1) is 19.9. The van der Waals surface area contributed by atoms with Gasteiger partial charge >= 0.3 is 0 Å². The summed E-state index contributed by atoms with van der Waals surface area (Å²) in [6.45, 7) is 5.89. The molecule has 0 unspecified atom stereocenters. The van der Waals surface area contributed by atoms with Crippen molar-refractivity contribution in [2.24, 2.45) is 0 Å². The van der Waals surface area contributed by atoms with Crippen molar-refractivity contribution in [3.63, 3.8) is 0 Å². The zero-order valence-corrected chi connectivity index (χ0v) is 16.4. The van der Waals surface area contributed by atoms with Crippen LogP contribution in [0.4, 0.5) is 0 Å². The van der Waals surface area contributed by atoms with Crippen molar-refractivity contribution >= 4 is 23.6 Å². The van der Waals surface area contributed by atoms with E-state index in [2.05, 4.69) is 27.7 Å². The Balaban J connectivity index is 1.86. The van der Waals surface area contributed by atoms with Crippen molar-refractivity contribution in [3.8, 4) is 0 Å². The van der Waals surface area contributed by atoms with Gasteiger partial charge < -0.3 is 0 Å². The van der Waals surface area contributed by atoms with Crippen LogP contribution in [-0.2, 0) is 17.6 Å². The maximum Gasteiger partial charge on any atom is 0.269 e. The molecule has 2 rings (SSSR count). The van der Waals surface area contributed by atoms with Crippen molar-refractivity contribution in [2.75, 3.05) is 6.26 Å². The lowest BCUT2D eigenvalue weighted by molar-refractivity contribution is -0.121. The molecule has 0 aliphatic rings. The number of benzene rings is 1. The SMILES string of the molecule is CCc1ccc(C(=O)NNC(=O)CCc2c(C)nc(SC)nc2C)cc1. The van der Waals surface area contributed by atoms with Gasteiger partial charge in [-0.2, -0.15) is 0 Å². The van der Waals surface area contributed by atoms with E-state index in [-0.39, 0.29) is 18.2 Å². The standard InChI is InChI=1S/C19H24N4O2S/c1-5-14-6-8-15(9-7-14)18(25)23-22-17(24)11-10-16-12(2)20-19(26-4)21-13(16)3/h6-9H,5,10-11H2,1-4H3,(H,22,24)(H,23,25). The average molecular weight is 372 g/mol. The van der Waals surface area contributed by atoms with Crippen LogP contribution < -0.4 is 10.9 Å². The molecule has 2 aromatic rings. The Morgan fingerprint density at radius 2 is 1.65 bits per heavy atom. The molecule has 0 aliphatic carbocycles. The van der Waals surface area contributed by atoms with E-state index >= 15 is 0 Å². The highest BCUT2D eigenvalue weighted by Crippen LogP contribution is 2.17. The molecule has 0 bridgehead atoms. The summed E-state index contributed by atoms with van der Waals surface area (Å²) < 4.78 is 0. The third-order valence-electron chi connectivity index (χ3n) is 4.12. The van der Waals surface area contributed by atoms with Crippen molar-refractivity contribution in [3.05, 3.63) is 52.3 Å². The number of nitrogens with zero attached hydrogens (tertiary/aromatic N) is 2. The summed E-state index contributed by atoms with van der Waals surface area (Å²) in [5.41, 5.74) is 9.31. The molecule has 0 saturated heterocycles. The number of amides is 2. The molecule has 0 atom stereocenters. The van der Waals surface area contributed by atoms with E-state index < -0.39 is 0 Å². The highest BCUT2D eigenvalue weighted by Gasteiger charge is 2.12. The van der Waals surface area contributed by atoms with E-state index in [1.165, 1.54) is 11.8 Å². The topological polar surface area (TPSA) is 84.0 Å². The van der Waals surface area contributed by atoms with Crippen LogP contribution >= 0.6 is 11.8 Å². The van der Waals surface area contributed by atoms with Crippen LogP contribution in [0.25, 0.3) is 0 Å². The fourth-order valence-corrected chi connectivity index (χ4v) is 3.01. The number of aryl methyl sites for hydroxylation is 3. The summed E-state index contributed by atoms with van der Waals surface area (Å²) in [4.78, 5) is 32.9. The van der Waals surface area contributed by atoms with Crippen molar-refractivity contribution in [1.29, 1.82) is 0 Å². The third kappa shape index (κ3) is 5.29. The van der Waals surface area contributed by atoms with Gasteiger partial charge in [-0.25, -0.2) is 9.97 Å². The Bertz CT molecular complexity index is 768. The normalized spacial score (nSPS) is 10.5. The van der Waals surface area contributed by atoms with Crippen LogP contribution in [0.5, 0.6) is 0 Å². The van der Waals surface area contributed by atoms with Gasteiger partial charge in [0.05, 0.1) is 0 Å². The molecule has 6 nitrogen and oxygen atoms in total. The van der Waals surface area contributed by atoms with Gasteiger partial charge in [0.25, 0.3) is 5.91 Å². The highest BCUT2D eigenvalue weighted by molar-refractivity contribution is 7.98. The Labute approximate surface area is 158 Å². The van der Waals surface area contributed by atoms with Crippen molar-refractivity contribution in [2.45, 2.75) is 45.2 Å². The van der Waals surface area contributed by atoms with Crippen molar-refractivity contribution in [1.82, 2.24) is 20.8 Å². The molecule has 0 radical (unpaired) electrons. The molecule has 1 heterocycles. The predicted molar refractivity (Wildman–Crippen MR) is 103 cm³/mol. The van der Waals surface area contributed by atoms with Gasteiger partial charge in [-0.3, -0.25) is 20.4 Å². The molecule has 0 fully saturated rings. The number of hydrazine groups is 1. The number of hydrogen-bond acceptors (Lipinski definition) is 5. The zero-order valence-electron chi connectivity index (χ0n) is 15.5. The number of hydrogen-bond donors (Lipinski definition) is 2. The molecule has 2 amide bonds. The van der Waals surface area contributed by atoms with E-state index in [1.54, 1.807) is 12.1 Å². The van der Waals surface area contributed by atoms with E-state index in [0.29, 0.717) is 12.0 Å². The first-order valence-corrected chi connectivity index (χ1v) is 9.73. The number of thioether (sulfide) groups is 1. The van der Waals surface area contributed by atoms with Gasteiger partial charge in [-0.15, -0.1) is 0 Å². The third-order valence-corrected chi connectivity index (χ3v) is 4.67. The quantitative estimate of drug-likeness (QED) is 0.463. The summed E-state index contributed by atoms with van der Waals surface area (Å²) in [6, 6.07) is 7.30. The lowest BCUT2D eigenvalue weighted by atomic mass is 10.1. The summed E-state index contributed by atoms with van der Waals surface area (Å²) in [7, 11) is 0. The Kier molecular flexibility index (Phi) is 7.15. The van der Waals surface area contributed by atoms with Gasteiger partial charge in [0.2, 0.25) is 5.91 Å². The second kappa shape index (κ2) is 9.33. The smallest absolute Gasteiger partial charge is 0.269 e. The minimum Gasteiger partial charge on any atom is -0.273 e. The molecule has 0 saturated carbocycles. The maximum absolute atomic E-state index is 12.1. The van der Waals surface area contributed by atoms with Crippen LogP contribution in [0.2, 0.25) is 0 Å². The molecular weight excluding hydrogens is 348 g/mol. The summed E-state index contributed by atoms with van der Waals surface area (Å²) in [5, 5.41) is 0.731. The maximum atomic E-state index is 12.1. The molecule has 2 N–H and O–H groups in total. The lowest BCUT2D eigenvalue weighted by Gasteiger charge is -2.11. The second-order valence-corrected chi connectivity index (χ2v) is 6.69. The van der Waals surface area contributed by atoms with Crippen LogP contribution in [0.15, 0.2) is 29.4 Å². The lowest BCUT2D eigenvalue weighted by Crippen LogP contribution is -2.41. The van der Waals surface area contributed by atoms with Crippen molar-refractivity contribution < 1.29 is 9.59 Å². The second-order valence-electron chi connectivity index (χ2n) is 5.91.